The zero-order chi connectivity index (χ0) is 20.7. The summed E-state index contributed by atoms with van der Waals surface area (Å²) in [6.07, 6.45) is 3.26. The molecule has 0 unspecified atom stereocenters. The molecule has 1 aromatic heterocycles. The highest BCUT2D eigenvalue weighted by molar-refractivity contribution is 8.00. The third kappa shape index (κ3) is 3.65. The zero-order valence-electron chi connectivity index (χ0n) is 17.4. The minimum Gasteiger partial charge on any atom is -0.308 e. The molecule has 2 aromatic carbocycles. The summed E-state index contributed by atoms with van der Waals surface area (Å²) < 4.78 is 2.21. The summed E-state index contributed by atoms with van der Waals surface area (Å²) in [5.41, 5.74) is 3.52. The molecule has 1 aliphatic heterocycles. The molecule has 2 atom stereocenters. The Hall–Kier alpha value is -2.60. The number of fused-ring (bicyclic) bond motifs is 1. The predicted molar refractivity (Wildman–Crippen MR) is 120 cm³/mol. The highest BCUT2D eigenvalue weighted by atomic mass is 32.2. The summed E-state index contributed by atoms with van der Waals surface area (Å²) in [4.78, 5) is 15.4. The maximum Gasteiger partial charge on any atom is 0.240 e. The summed E-state index contributed by atoms with van der Waals surface area (Å²) in [5, 5.41) is 9.60. The monoisotopic (exact) mass is 418 g/mol. The van der Waals surface area contributed by atoms with Crippen LogP contribution in [0.1, 0.15) is 49.6 Å². The molecular formula is C24H26N4OS. The van der Waals surface area contributed by atoms with Crippen molar-refractivity contribution >= 4 is 23.4 Å². The highest BCUT2D eigenvalue weighted by Gasteiger charge is 2.35. The van der Waals surface area contributed by atoms with Crippen LogP contribution in [0.5, 0.6) is 0 Å². The number of carbonyl (C=O) groups is 1. The molecule has 0 radical (unpaired) electrons. The van der Waals surface area contributed by atoms with Crippen LogP contribution in [-0.4, -0.2) is 32.0 Å². The first-order valence-electron chi connectivity index (χ1n) is 10.7. The minimum atomic E-state index is -0.232. The SMILES string of the molecule is C[C@H](Sc1nnc(C2CC2)n1Cc1ccccc1)C(=O)N1c2ccccc2C[C@@H]1C. The fourth-order valence-corrected chi connectivity index (χ4v) is 5.15. The number of benzene rings is 2. The molecule has 154 valence electrons. The average molecular weight is 419 g/mol. The molecule has 3 aromatic rings. The minimum absolute atomic E-state index is 0.139. The van der Waals surface area contributed by atoms with Gasteiger partial charge in [0.15, 0.2) is 5.16 Å². The molecule has 5 rings (SSSR count). The molecule has 30 heavy (non-hydrogen) atoms. The molecule has 0 spiro atoms. The van der Waals surface area contributed by atoms with Crippen molar-refractivity contribution in [2.45, 2.75) is 62.0 Å². The van der Waals surface area contributed by atoms with Gasteiger partial charge in [0.2, 0.25) is 5.91 Å². The van der Waals surface area contributed by atoms with Crippen LogP contribution < -0.4 is 4.90 Å². The second-order valence-electron chi connectivity index (χ2n) is 8.34. The number of hydrogen-bond acceptors (Lipinski definition) is 4. The van der Waals surface area contributed by atoms with E-state index in [0.717, 1.165) is 29.6 Å². The van der Waals surface area contributed by atoms with Crippen molar-refractivity contribution in [3.8, 4) is 0 Å². The second-order valence-corrected chi connectivity index (χ2v) is 9.64. The highest BCUT2D eigenvalue weighted by Crippen LogP contribution is 2.41. The number of thioether (sulfide) groups is 1. The summed E-state index contributed by atoms with van der Waals surface area (Å²) in [5.74, 6) is 1.70. The number of rotatable bonds is 6. The van der Waals surface area contributed by atoms with Gasteiger partial charge in [-0.25, -0.2) is 0 Å². The van der Waals surface area contributed by atoms with Gasteiger partial charge in [-0.2, -0.15) is 0 Å². The number of anilines is 1. The Morgan fingerprint density at radius 2 is 1.83 bits per heavy atom. The second kappa shape index (κ2) is 7.91. The maximum absolute atomic E-state index is 13.4. The van der Waals surface area contributed by atoms with E-state index in [2.05, 4.69) is 58.1 Å². The first kappa shape index (κ1) is 19.4. The Labute approximate surface area is 181 Å². The summed E-state index contributed by atoms with van der Waals surface area (Å²) >= 11 is 1.53. The first-order chi connectivity index (χ1) is 14.6. The van der Waals surface area contributed by atoms with Gasteiger partial charge in [0, 0.05) is 17.6 Å². The Bertz CT molecular complexity index is 1060. The fraction of sp³-hybridized carbons (Fsp3) is 0.375. The van der Waals surface area contributed by atoms with Gasteiger partial charge >= 0.3 is 0 Å². The number of amides is 1. The Morgan fingerprint density at radius 1 is 1.10 bits per heavy atom. The van der Waals surface area contributed by atoms with E-state index in [1.54, 1.807) is 0 Å². The van der Waals surface area contributed by atoms with Crippen LogP contribution in [0.3, 0.4) is 0 Å². The topological polar surface area (TPSA) is 51.0 Å². The van der Waals surface area contributed by atoms with Crippen LogP contribution in [0.25, 0.3) is 0 Å². The van der Waals surface area contributed by atoms with E-state index in [-0.39, 0.29) is 17.2 Å². The van der Waals surface area contributed by atoms with Crippen LogP contribution in [0.2, 0.25) is 0 Å². The molecule has 6 heteroatoms. The quantitative estimate of drug-likeness (QED) is 0.546. The molecule has 2 heterocycles. The lowest BCUT2D eigenvalue weighted by molar-refractivity contribution is -0.118. The van der Waals surface area contributed by atoms with E-state index in [1.165, 1.54) is 35.7 Å². The third-order valence-corrected chi connectivity index (χ3v) is 7.01. The van der Waals surface area contributed by atoms with E-state index in [9.17, 15) is 4.79 Å². The molecule has 0 bridgehead atoms. The van der Waals surface area contributed by atoms with E-state index < -0.39 is 0 Å². The summed E-state index contributed by atoms with van der Waals surface area (Å²) in [6, 6.07) is 18.8. The van der Waals surface area contributed by atoms with E-state index in [0.29, 0.717) is 5.92 Å². The number of hydrogen-bond donors (Lipinski definition) is 0. The summed E-state index contributed by atoms with van der Waals surface area (Å²) in [7, 11) is 0. The average Bonchev–Trinajstić information content (AvgIpc) is 3.44. The molecular weight excluding hydrogens is 392 g/mol. The smallest absolute Gasteiger partial charge is 0.240 e. The molecule has 2 aliphatic rings. The van der Waals surface area contributed by atoms with Crippen molar-refractivity contribution in [1.82, 2.24) is 14.8 Å². The maximum atomic E-state index is 13.4. The molecule has 5 nitrogen and oxygen atoms in total. The van der Waals surface area contributed by atoms with Crippen LogP contribution in [-0.2, 0) is 17.8 Å². The molecule has 1 saturated carbocycles. The Balaban J connectivity index is 1.38. The van der Waals surface area contributed by atoms with Gasteiger partial charge in [0.25, 0.3) is 0 Å². The lowest BCUT2D eigenvalue weighted by atomic mass is 10.1. The molecule has 0 saturated heterocycles. The number of carbonyl (C=O) groups excluding carboxylic acids is 1. The molecule has 0 N–H and O–H groups in total. The zero-order valence-corrected chi connectivity index (χ0v) is 18.2. The third-order valence-electron chi connectivity index (χ3n) is 5.95. The summed E-state index contributed by atoms with van der Waals surface area (Å²) in [6.45, 7) is 4.85. The number of para-hydroxylation sites is 1. The van der Waals surface area contributed by atoms with Crippen molar-refractivity contribution < 1.29 is 4.79 Å². The van der Waals surface area contributed by atoms with Crippen molar-refractivity contribution in [2.75, 3.05) is 4.90 Å². The fourth-order valence-electron chi connectivity index (χ4n) is 4.25. The van der Waals surface area contributed by atoms with Crippen LogP contribution in [0.15, 0.2) is 59.8 Å². The van der Waals surface area contributed by atoms with Gasteiger partial charge in [0.1, 0.15) is 5.82 Å². The number of nitrogens with zero attached hydrogens (tertiary/aromatic N) is 4. The van der Waals surface area contributed by atoms with E-state index in [1.807, 2.05) is 30.0 Å². The van der Waals surface area contributed by atoms with Gasteiger partial charge in [-0.15, -0.1) is 10.2 Å². The van der Waals surface area contributed by atoms with E-state index in [4.69, 9.17) is 0 Å². The largest absolute Gasteiger partial charge is 0.308 e. The van der Waals surface area contributed by atoms with Crippen molar-refractivity contribution in [1.29, 1.82) is 0 Å². The Kier molecular flexibility index (Phi) is 5.11. The van der Waals surface area contributed by atoms with Crippen molar-refractivity contribution in [3.05, 3.63) is 71.5 Å². The first-order valence-corrected chi connectivity index (χ1v) is 11.5. The lowest BCUT2D eigenvalue weighted by Gasteiger charge is -2.25. The van der Waals surface area contributed by atoms with Crippen LogP contribution in [0, 0.1) is 0 Å². The van der Waals surface area contributed by atoms with Crippen molar-refractivity contribution in [3.63, 3.8) is 0 Å². The predicted octanol–water partition coefficient (Wildman–Crippen LogP) is 4.66. The molecule has 1 amide bonds. The van der Waals surface area contributed by atoms with Gasteiger partial charge < -0.3 is 9.47 Å². The van der Waals surface area contributed by atoms with Gasteiger partial charge in [0.05, 0.1) is 11.8 Å². The normalized spacial score (nSPS) is 19.0. The van der Waals surface area contributed by atoms with Crippen LogP contribution >= 0.6 is 11.8 Å². The Morgan fingerprint density at radius 3 is 2.60 bits per heavy atom. The standard InChI is InChI=1S/C24H26N4OS/c1-16-14-20-10-6-7-11-21(20)28(16)23(29)17(2)30-24-26-25-22(19-12-13-19)27(24)15-18-8-4-3-5-9-18/h3-11,16-17,19H,12-15H2,1-2H3/t16-,17-/m0/s1. The van der Waals surface area contributed by atoms with Gasteiger partial charge in [-0.3, -0.25) is 4.79 Å². The van der Waals surface area contributed by atoms with Gasteiger partial charge in [-0.05, 0) is 50.3 Å². The van der Waals surface area contributed by atoms with E-state index >= 15 is 0 Å². The van der Waals surface area contributed by atoms with Crippen molar-refractivity contribution in [2.24, 2.45) is 0 Å². The lowest BCUT2D eigenvalue weighted by Crippen LogP contribution is -2.40. The molecule has 1 fully saturated rings. The molecule has 1 aliphatic carbocycles. The van der Waals surface area contributed by atoms with Crippen LogP contribution in [0.4, 0.5) is 5.69 Å². The van der Waals surface area contributed by atoms with Gasteiger partial charge in [-0.1, -0.05) is 60.3 Å². The number of aromatic nitrogens is 3.